The van der Waals surface area contributed by atoms with E-state index in [1.165, 1.54) is 6.07 Å². The van der Waals surface area contributed by atoms with Gasteiger partial charge in [0.2, 0.25) is 5.69 Å². The van der Waals surface area contributed by atoms with Gasteiger partial charge in [-0.2, -0.15) is 13.2 Å². The first-order valence-corrected chi connectivity index (χ1v) is 7.11. The molecule has 1 N–H and O–H groups in total. The summed E-state index contributed by atoms with van der Waals surface area (Å²) in [5, 5.41) is 9.75. The van der Waals surface area contributed by atoms with Crippen LogP contribution in [0.1, 0.15) is 29.3 Å². The van der Waals surface area contributed by atoms with Crippen molar-refractivity contribution >= 4 is 5.69 Å². The Hall–Kier alpha value is -2.47. The highest BCUT2D eigenvalue weighted by atomic mass is 19.4. The van der Waals surface area contributed by atoms with Crippen LogP contribution in [0.25, 0.3) is 10.5 Å². The highest BCUT2D eigenvalue weighted by Crippen LogP contribution is 2.48. The second-order valence-corrected chi connectivity index (χ2v) is 5.68. The second-order valence-electron chi connectivity index (χ2n) is 5.68. The zero-order chi connectivity index (χ0) is 18.6. The molecule has 0 bridgehead atoms. The zero-order valence-corrected chi connectivity index (χ0v) is 12.4. The monoisotopic (exact) mass is 360 g/mol. The van der Waals surface area contributed by atoms with E-state index in [9.17, 15) is 31.4 Å². The summed E-state index contributed by atoms with van der Waals surface area (Å²) in [5.74, 6) is -4.62. The molecule has 1 atom stereocenters. The van der Waals surface area contributed by atoms with Crippen LogP contribution in [0, 0.1) is 12.4 Å². The molecule has 25 heavy (non-hydrogen) atoms. The van der Waals surface area contributed by atoms with E-state index in [2.05, 4.69) is 4.85 Å². The highest BCUT2D eigenvalue weighted by Gasteiger charge is 2.50. The lowest BCUT2D eigenvalue weighted by Gasteiger charge is -2.29. The molecule has 0 radical (unpaired) electrons. The molecule has 1 aromatic carbocycles. The van der Waals surface area contributed by atoms with Gasteiger partial charge in [0.1, 0.15) is 11.9 Å². The summed E-state index contributed by atoms with van der Waals surface area (Å²) in [4.78, 5) is 2.91. The lowest BCUT2D eigenvalue weighted by atomic mass is 9.89. The number of alkyl halides is 5. The van der Waals surface area contributed by atoms with Crippen molar-refractivity contribution in [1.29, 1.82) is 0 Å². The molecule has 0 amide bonds. The SMILES string of the molecule is [C-]#[N+]c1ccc(-n2cc(C(F)(F)F)c3c2CCC(F)(F)C3O)cc1F. The van der Waals surface area contributed by atoms with Gasteiger partial charge >= 0.3 is 6.18 Å². The van der Waals surface area contributed by atoms with E-state index in [0.29, 0.717) is 6.20 Å². The molecule has 9 heteroatoms. The molecule has 0 spiro atoms. The molecule has 1 aliphatic rings. The number of aliphatic hydroxyl groups is 1. The Morgan fingerprint density at radius 1 is 1.28 bits per heavy atom. The van der Waals surface area contributed by atoms with Crippen LogP contribution < -0.4 is 0 Å². The molecule has 1 unspecified atom stereocenters. The Balaban J connectivity index is 2.24. The maximum Gasteiger partial charge on any atom is 0.418 e. The number of hydrogen-bond acceptors (Lipinski definition) is 1. The number of nitrogens with zero attached hydrogens (tertiary/aromatic N) is 2. The van der Waals surface area contributed by atoms with Crippen molar-refractivity contribution in [3.05, 3.63) is 58.5 Å². The minimum absolute atomic E-state index is 0.0472. The summed E-state index contributed by atoms with van der Waals surface area (Å²) in [6.07, 6.45) is -8.23. The average molecular weight is 360 g/mol. The van der Waals surface area contributed by atoms with Gasteiger partial charge in [0.05, 0.1) is 12.1 Å². The molecule has 1 aromatic heterocycles. The van der Waals surface area contributed by atoms with Crippen molar-refractivity contribution in [3.8, 4) is 5.69 Å². The Bertz CT molecular complexity index is 878. The van der Waals surface area contributed by atoms with Gasteiger partial charge < -0.3 is 9.67 Å². The van der Waals surface area contributed by atoms with Crippen molar-refractivity contribution < 1.29 is 31.4 Å². The van der Waals surface area contributed by atoms with Crippen molar-refractivity contribution in [2.24, 2.45) is 0 Å². The maximum absolute atomic E-state index is 13.8. The van der Waals surface area contributed by atoms with E-state index in [4.69, 9.17) is 6.57 Å². The van der Waals surface area contributed by atoms with Crippen LogP contribution in [0.3, 0.4) is 0 Å². The molecular formula is C16H10F6N2O. The van der Waals surface area contributed by atoms with E-state index < -0.39 is 48.0 Å². The van der Waals surface area contributed by atoms with Crippen LogP contribution in [0.5, 0.6) is 0 Å². The van der Waals surface area contributed by atoms with Gasteiger partial charge in [0.25, 0.3) is 5.92 Å². The van der Waals surface area contributed by atoms with Gasteiger partial charge in [-0.3, -0.25) is 0 Å². The Labute approximate surface area is 137 Å². The quantitative estimate of drug-likeness (QED) is 0.575. The number of aromatic nitrogens is 1. The van der Waals surface area contributed by atoms with E-state index >= 15 is 0 Å². The van der Waals surface area contributed by atoms with Crippen LogP contribution in [-0.4, -0.2) is 15.6 Å². The Kier molecular flexibility index (Phi) is 3.84. The molecule has 132 valence electrons. The standard InChI is InChI=1S/C16H10F6N2O/c1-23-11-3-2-8(6-10(11)17)24-7-9(16(20,21)22)13-12(24)4-5-15(18,19)14(13)25/h2-3,6-7,14,25H,4-5H2. The van der Waals surface area contributed by atoms with Gasteiger partial charge in [0.15, 0.2) is 0 Å². The van der Waals surface area contributed by atoms with Crippen molar-refractivity contribution in [2.75, 3.05) is 0 Å². The number of fused-ring (bicyclic) bond motifs is 1. The minimum Gasteiger partial charge on any atom is -0.382 e. The lowest BCUT2D eigenvalue weighted by Crippen LogP contribution is -2.33. The summed E-state index contributed by atoms with van der Waals surface area (Å²) in [6, 6.07) is 3.16. The number of aliphatic hydroxyl groups excluding tert-OH is 1. The number of benzene rings is 1. The molecular weight excluding hydrogens is 350 g/mol. The molecule has 1 heterocycles. The van der Waals surface area contributed by atoms with Crippen molar-refractivity contribution in [3.63, 3.8) is 0 Å². The summed E-state index contributed by atoms with van der Waals surface area (Å²) in [7, 11) is 0. The average Bonchev–Trinajstić information content (AvgIpc) is 2.91. The lowest BCUT2D eigenvalue weighted by molar-refractivity contribution is -0.147. The van der Waals surface area contributed by atoms with Gasteiger partial charge in [0, 0.05) is 29.6 Å². The van der Waals surface area contributed by atoms with E-state index in [-0.39, 0.29) is 17.1 Å². The fourth-order valence-electron chi connectivity index (χ4n) is 2.95. The highest BCUT2D eigenvalue weighted by molar-refractivity contribution is 5.53. The third-order valence-corrected chi connectivity index (χ3v) is 4.15. The molecule has 2 aromatic rings. The van der Waals surface area contributed by atoms with Crippen LogP contribution in [0.4, 0.5) is 32.0 Å². The van der Waals surface area contributed by atoms with Crippen LogP contribution >= 0.6 is 0 Å². The van der Waals surface area contributed by atoms with Crippen molar-refractivity contribution in [2.45, 2.75) is 31.0 Å². The normalized spacial score (nSPS) is 19.4. The number of rotatable bonds is 1. The topological polar surface area (TPSA) is 29.5 Å². The van der Waals surface area contributed by atoms with Crippen molar-refractivity contribution in [1.82, 2.24) is 4.57 Å². The van der Waals surface area contributed by atoms with Gasteiger partial charge in [-0.05, 0) is 18.6 Å². The zero-order valence-electron chi connectivity index (χ0n) is 12.4. The fraction of sp³-hybridized carbons (Fsp3) is 0.312. The van der Waals surface area contributed by atoms with Gasteiger partial charge in [-0.25, -0.2) is 18.0 Å². The second kappa shape index (κ2) is 5.52. The van der Waals surface area contributed by atoms with E-state index in [1.807, 2.05) is 0 Å². The maximum atomic E-state index is 13.8. The Morgan fingerprint density at radius 3 is 2.52 bits per heavy atom. The number of hydrogen-bond donors (Lipinski definition) is 1. The predicted octanol–water partition coefficient (Wildman–Crippen LogP) is 4.80. The van der Waals surface area contributed by atoms with Crippen LogP contribution in [-0.2, 0) is 12.6 Å². The summed E-state index contributed by atoms with van der Waals surface area (Å²) < 4.78 is 81.9. The van der Waals surface area contributed by atoms with Gasteiger partial charge in [-0.1, -0.05) is 6.07 Å². The molecule has 0 saturated carbocycles. The first-order chi connectivity index (χ1) is 11.6. The molecule has 0 fully saturated rings. The first kappa shape index (κ1) is 17.4. The smallest absolute Gasteiger partial charge is 0.382 e. The molecule has 3 rings (SSSR count). The predicted molar refractivity (Wildman–Crippen MR) is 75.2 cm³/mol. The molecule has 3 nitrogen and oxygen atoms in total. The number of halogens is 6. The largest absolute Gasteiger partial charge is 0.418 e. The van der Waals surface area contributed by atoms with E-state index in [0.717, 1.165) is 16.7 Å². The molecule has 1 aliphatic carbocycles. The van der Waals surface area contributed by atoms with Crippen LogP contribution in [0.15, 0.2) is 24.4 Å². The molecule has 0 saturated heterocycles. The fourth-order valence-corrected chi connectivity index (χ4v) is 2.95. The summed E-state index contributed by atoms with van der Waals surface area (Å²) in [6.45, 7) is 6.78. The van der Waals surface area contributed by atoms with E-state index in [1.54, 1.807) is 0 Å². The Morgan fingerprint density at radius 2 is 1.96 bits per heavy atom. The summed E-state index contributed by atoms with van der Waals surface area (Å²) >= 11 is 0. The first-order valence-electron chi connectivity index (χ1n) is 7.11. The third-order valence-electron chi connectivity index (χ3n) is 4.15. The third kappa shape index (κ3) is 2.76. The summed E-state index contributed by atoms with van der Waals surface area (Å²) in [5.41, 5.74) is -2.79. The molecule has 0 aliphatic heterocycles. The minimum atomic E-state index is -4.96. The van der Waals surface area contributed by atoms with Crippen LogP contribution in [0.2, 0.25) is 0 Å². The van der Waals surface area contributed by atoms with Gasteiger partial charge in [-0.15, -0.1) is 0 Å².